The van der Waals surface area contributed by atoms with Crippen molar-refractivity contribution in [3.63, 3.8) is 0 Å². The van der Waals surface area contributed by atoms with Crippen LogP contribution in [0.2, 0.25) is 0 Å². The number of carbonyl (C=O) groups excluding carboxylic acids is 1. The van der Waals surface area contributed by atoms with E-state index in [9.17, 15) is 4.79 Å². The third-order valence-corrected chi connectivity index (χ3v) is 5.50. The molecule has 0 bridgehead atoms. The molecule has 4 heteroatoms. The predicted molar refractivity (Wildman–Crippen MR) is 119 cm³/mol. The van der Waals surface area contributed by atoms with Crippen molar-refractivity contribution in [2.24, 2.45) is 0 Å². The van der Waals surface area contributed by atoms with Crippen LogP contribution in [0.15, 0.2) is 84.9 Å². The van der Waals surface area contributed by atoms with Gasteiger partial charge in [0.05, 0.1) is 19.1 Å². The summed E-state index contributed by atoms with van der Waals surface area (Å²) in [6.07, 6.45) is 0. The second-order valence-electron chi connectivity index (χ2n) is 7.68. The topological polar surface area (TPSA) is 41.6 Å². The van der Waals surface area contributed by atoms with Crippen molar-refractivity contribution in [2.45, 2.75) is 19.0 Å². The smallest absolute Gasteiger partial charge is 0.232 e. The first kappa shape index (κ1) is 20.3. The average molecular weight is 401 g/mol. The van der Waals surface area contributed by atoms with Gasteiger partial charge in [-0.25, -0.2) is 0 Å². The van der Waals surface area contributed by atoms with Crippen molar-refractivity contribution < 1.29 is 9.53 Å². The highest BCUT2D eigenvalue weighted by atomic mass is 16.5. The molecule has 0 aromatic heterocycles. The number of ether oxygens (including phenoxy) is 1. The summed E-state index contributed by atoms with van der Waals surface area (Å²) in [7, 11) is 0. The molecule has 0 radical (unpaired) electrons. The average Bonchev–Trinajstić information content (AvgIpc) is 2.80. The molecule has 1 N–H and O–H groups in total. The van der Waals surface area contributed by atoms with Crippen LogP contribution in [0.3, 0.4) is 0 Å². The minimum absolute atomic E-state index is 0.0194. The Morgan fingerprint density at radius 1 is 0.833 bits per heavy atom. The second kappa shape index (κ2) is 10.2. The standard InChI is InChI=1S/C26H28N2O2/c29-26(25(23-10-3-1-4-11-23)24-12-5-2-6-13-24)27-19-21-8-7-9-22(18-21)20-28-14-16-30-17-15-28/h1-13,18,25H,14-17,19-20H2,(H,27,29). The molecule has 3 aromatic rings. The van der Waals surface area contributed by atoms with Crippen molar-refractivity contribution in [1.29, 1.82) is 0 Å². The zero-order valence-corrected chi connectivity index (χ0v) is 17.2. The van der Waals surface area contributed by atoms with Crippen LogP contribution in [0.5, 0.6) is 0 Å². The summed E-state index contributed by atoms with van der Waals surface area (Å²) < 4.78 is 5.43. The summed E-state index contributed by atoms with van der Waals surface area (Å²) in [4.78, 5) is 15.6. The van der Waals surface area contributed by atoms with Gasteiger partial charge in [-0.2, -0.15) is 0 Å². The maximum absolute atomic E-state index is 13.2. The summed E-state index contributed by atoms with van der Waals surface area (Å²) in [6.45, 7) is 4.98. The Morgan fingerprint density at radius 2 is 1.43 bits per heavy atom. The van der Waals surface area contributed by atoms with Gasteiger partial charge < -0.3 is 10.1 Å². The monoisotopic (exact) mass is 400 g/mol. The molecule has 0 atom stereocenters. The number of morpholine rings is 1. The van der Waals surface area contributed by atoms with Gasteiger partial charge in [0.15, 0.2) is 0 Å². The molecule has 30 heavy (non-hydrogen) atoms. The molecule has 0 unspecified atom stereocenters. The van der Waals surface area contributed by atoms with Gasteiger partial charge in [0, 0.05) is 26.2 Å². The first-order valence-electron chi connectivity index (χ1n) is 10.5. The Morgan fingerprint density at radius 3 is 2.07 bits per heavy atom. The summed E-state index contributed by atoms with van der Waals surface area (Å²) in [5, 5.41) is 3.15. The number of hydrogen-bond donors (Lipinski definition) is 1. The molecule has 1 amide bonds. The molecule has 4 rings (SSSR count). The molecule has 1 heterocycles. The molecule has 1 aliphatic rings. The number of nitrogens with one attached hydrogen (secondary N) is 1. The van der Waals surface area contributed by atoms with Crippen LogP contribution in [0.4, 0.5) is 0 Å². The van der Waals surface area contributed by atoms with E-state index in [1.54, 1.807) is 0 Å². The fourth-order valence-corrected chi connectivity index (χ4v) is 3.93. The molecule has 1 saturated heterocycles. The fraction of sp³-hybridized carbons (Fsp3) is 0.269. The first-order valence-corrected chi connectivity index (χ1v) is 10.5. The van der Waals surface area contributed by atoms with Crippen LogP contribution in [0.1, 0.15) is 28.2 Å². The third kappa shape index (κ3) is 5.35. The van der Waals surface area contributed by atoms with Crippen molar-refractivity contribution in [3.8, 4) is 0 Å². The molecular formula is C26H28N2O2. The van der Waals surface area contributed by atoms with Crippen LogP contribution in [0, 0.1) is 0 Å². The Labute approximate surface area is 178 Å². The van der Waals surface area contributed by atoms with Gasteiger partial charge in [-0.3, -0.25) is 9.69 Å². The SMILES string of the molecule is O=C(NCc1cccc(CN2CCOCC2)c1)C(c1ccccc1)c1ccccc1. The maximum atomic E-state index is 13.2. The molecule has 154 valence electrons. The van der Waals surface area contributed by atoms with Crippen molar-refractivity contribution in [2.75, 3.05) is 26.3 Å². The highest BCUT2D eigenvalue weighted by Gasteiger charge is 2.22. The number of amides is 1. The zero-order valence-electron chi connectivity index (χ0n) is 17.2. The van der Waals surface area contributed by atoms with Gasteiger partial charge in [0.25, 0.3) is 0 Å². The first-order chi connectivity index (χ1) is 14.8. The van der Waals surface area contributed by atoms with Gasteiger partial charge in [0.2, 0.25) is 5.91 Å². The molecule has 0 aliphatic carbocycles. The van der Waals surface area contributed by atoms with E-state index in [1.807, 2.05) is 60.7 Å². The Hall–Kier alpha value is -2.95. The minimum Gasteiger partial charge on any atom is -0.379 e. The van der Waals surface area contributed by atoms with Crippen molar-refractivity contribution >= 4 is 5.91 Å². The van der Waals surface area contributed by atoms with Crippen LogP contribution >= 0.6 is 0 Å². The second-order valence-corrected chi connectivity index (χ2v) is 7.68. The summed E-state index contributed by atoms with van der Waals surface area (Å²) >= 11 is 0. The minimum atomic E-state index is -0.316. The largest absolute Gasteiger partial charge is 0.379 e. The lowest BCUT2D eigenvalue weighted by Gasteiger charge is -2.26. The number of nitrogens with zero attached hydrogens (tertiary/aromatic N) is 1. The number of rotatable bonds is 7. The molecule has 0 spiro atoms. The van der Waals surface area contributed by atoms with Gasteiger partial charge in [0.1, 0.15) is 0 Å². The van der Waals surface area contributed by atoms with Crippen molar-refractivity contribution in [3.05, 3.63) is 107 Å². The van der Waals surface area contributed by atoms with E-state index in [0.717, 1.165) is 49.5 Å². The van der Waals surface area contributed by atoms with Gasteiger partial charge in [-0.1, -0.05) is 84.9 Å². The summed E-state index contributed by atoms with van der Waals surface area (Å²) in [6, 6.07) is 28.4. The van der Waals surface area contributed by atoms with Crippen LogP contribution in [-0.2, 0) is 22.6 Å². The predicted octanol–water partition coefficient (Wildman–Crippen LogP) is 3.97. The van der Waals surface area contributed by atoms with Crippen LogP contribution in [-0.4, -0.2) is 37.1 Å². The normalized spacial score (nSPS) is 14.6. The number of hydrogen-bond acceptors (Lipinski definition) is 3. The van der Waals surface area contributed by atoms with Crippen LogP contribution < -0.4 is 5.32 Å². The lowest BCUT2D eigenvalue weighted by atomic mass is 9.90. The van der Waals surface area contributed by atoms with Crippen molar-refractivity contribution in [1.82, 2.24) is 10.2 Å². The zero-order chi connectivity index (χ0) is 20.6. The molecule has 4 nitrogen and oxygen atoms in total. The molecule has 1 fully saturated rings. The maximum Gasteiger partial charge on any atom is 0.232 e. The van der Waals surface area contributed by atoms with Gasteiger partial charge in [-0.05, 0) is 22.3 Å². The highest BCUT2D eigenvalue weighted by Crippen LogP contribution is 2.25. The van der Waals surface area contributed by atoms with E-state index >= 15 is 0 Å². The Kier molecular flexibility index (Phi) is 6.91. The van der Waals surface area contributed by atoms with E-state index in [-0.39, 0.29) is 11.8 Å². The fourth-order valence-electron chi connectivity index (χ4n) is 3.93. The van der Waals surface area contributed by atoms with E-state index < -0.39 is 0 Å². The Bertz CT molecular complexity index is 898. The molecule has 3 aromatic carbocycles. The molecule has 1 aliphatic heterocycles. The Balaban J connectivity index is 1.44. The molecule has 0 saturated carbocycles. The van der Waals surface area contributed by atoms with Gasteiger partial charge in [-0.15, -0.1) is 0 Å². The number of carbonyl (C=O) groups is 1. The van der Waals surface area contributed by atoms with E-state index in [2.05, 4.69) is 34.5 Å². The van der Waals surface area contributed by atoms with Crippen LogP contribution in [0.25, 0.3) is 0 Å². The van der Waals surface area contributed by atoms with E-state index in [1.165, 1.54) is 5.56 Å². The van der Waals surface area contributed by atoms with E-state index in [4.69, 9.17) is 4.74 Å². The number of benzene rings is 3. The van der Waals surface area contributed by atoms with E-state index in [0.29, 0.717) is 6.54 Å². The lowest BCUT2D eigenvalue weighted by Crippen LogP contribution is -2.35. The third-order valence-electron chi connectivity index (χ3n) is 5.50. The summed E-state index contributed by atoms with van der Waals surface area (Å²) in [5.41, 5.74) is 4.39. The highest BCUT2D eigenvalue weighted by molar-refractivity contribution is 5.87. The lowest BCUT2D eigenvalue weighted by molar-refractivity contribution is -0.121. The summed E-state index contributed by atoms with van der Waals surface area (Å²) in [5.74, 6) is -0.296. The quantitative estimate of drug-likeness (QED) is 0.653. The van der Waals surface area contributed by atoms with Gasteiger partial charge >= 0.3 is 0 Å². The molecular weight excluding hydrogens is 372 g/mol.